The van der Waals surface area contributed by atoms with Crippen LogP contribution in [0.1, 0.15) is 5.56 Å². The molecular formula is C14H13BrClNO2S. The Labute approximate surface area is 132 Å². The predicted molar refractivity (Wildman–Crippen MR) is 86.0 cm³/mol. The fraction of sp³-hybridized carbons (Fsp3) is 0.143. The second-order valence-corrected chi connectivity index (χ2v) is 7.73. The van der Waals surface area contributed by atoms with E-state index in [2.05, 4.69) is 21.2 Å². The van der Waals surface area contributed by atoms with E-state index in [1.54, 1.807) is 18.2 Å². The molecule has 0 aliphatic rings. The third-order valence-electron chi connectivity index (χ3n) is 2.76. The van der Waals surface area contributed by atoms with Gasteiger partial charge in [0.05, 0.1) is 4.90 Å². The monoisotopic (exact) mass is 373 g/mol. The Morgan fingerprint density at radius 1 is 1.20 bits per heavy atom. The lowest BCUT2D eigenvalue weighted by Gasteiger charge is -2.09. The highest BCUT2D eigenvalue weighted by Gasteiger charge is 2.07. The summed E-state index contributed by atoms with van der Waals surface area (Å²) in [5.74, 6) is 0. The molecule has 0 radical (unpaired) electrons. The Bertz CT molecular complexity index is 732. The van der Waals surface area contributed by atoms with Crippen LogP contribution in [-0.2, 0) is 16.4 Å². The van der Waals surface area contributed by atoms with Crippen LogP contribution in [0.4, 0.5) is 5.69 Å². The molecule has 2 aromatic carbocycles. The first-order chi connectivity index (χ1) is 9.36. The maximum Gasteiger partial charge on any atom is 0.175 e. The van der Waals surface area contributed by atoms with Gasteiger partial charge in [-0.15, -0.1) is 0 Å². The second-order valence-electron chi connectivity index (χ2n) is 4.39. The highest BCUT2D eigenvalue weighted by Crippen LogP contribution is 2.23. The maximum absolute atomic E-state index is 11.5. The average Bonchev–Trinajstić information content (AvgIpc) is 2.37. The van der Waals surface area contributed by atoms with Gasteiger partial charge in [0.25, 0.3) is 0 Å². The third kappa shape index (κ3) is 3.98. The van der Waals surface area contributed by atoms with Crippen LogP contribution >= 0.6 is 27.5 Å². The molecule has 106 valence electrons. The minimum Gasteiger partial charge on any atom is -0.381 e. The number of halogens is 2. The maximum atomic E-state index is 11.5. The molecule has 2 rings (SSSR count). The molecule has 3 nitrogen and oxygen atoms in total. The molecule has 0 bridgehead atoms. The van der Waals surface area contributed by atoms with Gasteiger partial charge in [-0.1, -0.05) is 39.7 Å². The van der Waals surface area contributed by atoms with Gasteiger partial charge >= 0.3 is 0 Å². The summed E-state index contributed by atoms with van der Waals surface area (Å²) >= 11 is 9.49. The van der Waals surface area contributed by atoms with Crippen LogP contribution in [0.5, 0.6) is 0 Å². The van der Waals surface area contributed by atoms with Crippen LogP contribution < -0.4 is 5.32 Å². The Balaban J connectivity index is 2.15. The number of sulfone groups is 1. The van der Waals surface area contributed by atoms with E-state index >= 15 is 0 Å². The standard InChI is InChI=1S/C14H13BrClNO2S/c1-20(18,19)13-4-2-3-12(8-13)17-9-10-5-6-11(15)7-14(10)16/h2-8,17H,9H2,1H3. The van der Waals surface area contributed by atoms with Crippen molar-refractivity contribution in [3.05, 3.63) is 57.5 Å². The van der Waals surface area contributed by atoms with Gasteiger partial charge in [0, 0.05) is 28.0 Å². The van der Waals surface area contributed by atoms with Gasteiger partial charge in [-0.25, -0.2) is 8.42 Å². The molecule has 2 aromatic rings. The topological polar surface area (TPSA) is 46.2 Å². The smallest absolute Gasteiger partial charge is 0.175 e. The quantitative estimate of drug-likeness (QED) is 0.875. The fourth-order valence-corrected chi connectivity index (χ4v) is 3.11. The van der Waals surface area contributed by atoms with Crippen LogP contribution in [0, 0.1) is 0 Å². The van der Waals surface area contributed by atoms with E-state index in [-0.39, 0.29) is 0 Å². The molecule has 0 aliphatic heterocycles. The van der Waals surface area contributed by atoms with E-state index in [1.807, 2.05) is 24.3 Å². The van der Waals surface area contributed by atoms with Gasteiger partial charge in [-0.3, -0.25) is 0 Å². The first-order valence-corrected chi connectivity index (χ1v) is 8.90. The largest absolute Gasteiger partial charge is 0.381 e. The Hall–Kier alpha value is -1.04. The summed E-state index contributed by atoms with van der Waals surface area (Å²) in [7, 11) is -3.19. The number of hydrogen-bond donors (Lipinski definition) is 1. The van der Waals surface area contributed by atoms with Gasteiger partial charge in [0.2, 0.25) is 0 Å². The van der Waals surface area contributed by atoms with Crippen molar-refractivity contribution in [2.24, 2.45) is 0 Å². The summed E-state index contributed by atoms with van der Waals surface area (Å²) in [6.45, 7) is 0.527. The molecule has 0 aliphatic carbocycles. The predicted octanol–water partition coefficient (Wildman–Crippen LogP) is 4.12. The van der Waals surface area contributed by atoms with Crippen LogP contribution in [0.25, 0.3) is 0 Å². The summed E-state index contributed by atoms with van der Waals surface area (Å²) in [5, 5.41) is 3.83. The van der Waals surface area contributed by atoms with Gasteiger partial charge in [0.1, 0.15) is 0 Å². The molecule has 6 heteroatoms. The number of nitrogens with one attached hydrogen (secondary N) is 1. The number of rotatable bonds is 4. The van der Waals surface area contributed by atoms with Crippen molar-refractivity contribution in [1.82, 2.24) is 0 Å². The number of hydrogen-bond acceptors (Lipinski definition) is 3. The summed E-state index contributed by atoms with van der Waals surface area (Å²) in [6.07, 6.45) is 1.19. The van der Waals surface area contributed by atoms with E-state index in [0.29, 0.717) is 16.5 Å². The van der Waals surface area contributed by atoms with Crippen molar-refractivity contribution >= 4 is 43.1 Å². The van der Waals surface area contributed by atoms with Crippen molar-refractivity contribution < 1.29 is 8.42 Å². The van der Waals surface area contributed by atoms with E-state index in [0.717, 1.165) is 15.7 Å². The lowest BCUT2D eigenvalue weighted by molar-refractivity contribution is 0.602. The van der Waals surface area contributed by atoms with Crippen LogP contribution in [0.3, 0.4) is 0 Å². The average molecular weight is 375 g/mol. The van der Waals surface area contributed by atoms with E-state index in [1.165, 1.54) is 6.26 Å². The van der Waals surface area contributed by atoms with E-state index in [4.69, 9.17) is 11.6 Å². The van der Waals surface area contributed by atoms with Crippen molar-refractivity contribution in [2.75, 3.05) is 11.6 Å². The zero-order valence-corrected chi connectivity index (χ0v) is 13.9. The first-order valence-electron chi connectivity index (χ1n) is 5.84. The molecule has 0 saturated heterocycles. The number of anilines is 1. The van der Waals surface area contributed by atoms with Crippen molar-refractivity contribution in [2.45, 2.75) is 11.4 Å². The molecule has 20 heavy (non-hydrogen) atoms. The minimum atomic E-state index is -3.19. The van der Waals surface area contributed by atoms with Crippen molar-refractivity contribution in [3.63, 3.8) is 0 Å². The Morgan fingerprint density at radius 2 is 1.95 bits per heavy atom. The van der Waals surface area contributed by atoms with Gasteiger partial charge < -0.3 is 5.32 Å². The van der Waals surface area contributed by atoms with Crippen LogP contribution in [0.15, 0.2) is 51.8 Å². The van der Waals surface area contributed by atoms with Gasteiger partial charge in [-0.05, 0) is 35.9 Å². The SMILES string of the molecule is CS(=O)(=O)c1cccc(NCc2ccc(Br)cc2Cl)c1. The summed E-state index contributed by atoms with van der Waals surface area (Å²) < 4.78 is 23.9. The zero-order chi connectivity index (χ0) is 14.8. The second kappa shape index (κ2) is 6.16. The van der Waals surface area contributed by atoms with Crippen LogP contribution in [0.2, 0.25) is 5.02 Å². The summed E-state index contributed by atoms with van der Waals surface area (Å²) in [6, 6.07) is 12.4. The zero-order valence-electron chi connectivity index (χ0n) is 10.7. The van der Waals surface area contributed by atoms with Gasteiger partial charge in [0.15, 0.2) is 9.84 Å². The van der Waals surface area contributed by atoms with E-state index < -0.39 is 9.84 Å². The molecule has 0 aromatic heterocycles. The molecule has 0 spiro atoms. The van der Waals surface area contributed by atoms with Crippen molar-refractivity contribution in [3.8, 4) is 0 Å². The highest BCUT2D eigenvalue weighted by molar-refractivity contribution is 9.10. The lowest BCUT2D eigenvalue weighted by atomic mass is 10.2. The van der Waals surface area contributed by atoms with Gasteiger partial charge in [-0.2, -0.15) is 0 Å². The van der Waals surface area contributed by atoms with Crippen LogP contribution in [-0.4, -0.2) is 14.7 Å². The normalized spacial score (nSPS) is 11.3. The molecular weight excluding hydrogens is 362 g/mol. The van der Waals surface area contributed by atoms with E-state index in [9.17, 15) is 8.42 Å². The Kier molecular flexibility index (Phi) is 4.73. The molecule has 0 saturated carbocycles. The highest BCUT2D eigenvalue weighted by atomic mass is 79.9. The molecule has 0 fully saturated rings. The minimum absolute atomic E-state index is 0.296. The molecule has 0 amide bonds. The molecule has 0 atom stereocenters. The van der Waals surface area contributed by atoms with Crippen molar-refractivity contribution in [1.29, 1.82) is 0 Å². The molecule has 0 unspecified atom stereocenters. The molecule has 0 heterocycles. The summed E-state index contributed by atoms with van der Waals surface area (Å²) in [4.78, 5) is 0.296. The number of benzene rings is 2. The Morgan fingerprint density at radius 3 is 2.60 bits per heavy atom. The first kappa shape index (κ1) is 15.4. The third-order valence-corrected chi connectivity index (χ3v) is 4.72. The summed E-state index contributed by atoms with van der Waals surface area (Å²) in [5.41, 5.74) is 1.69. The fourth-order valence-electron chi connectivity index (χ4n) is 1.70. The lowest BCUT2D eigenvalue weighted by Crippen LogP contribution is -2.02. The molecule has 1 N–H and O–H groups in total.